The molecule has 1 aromatic heterocycles. The molecular weight excluding hydrogens is 262 g/mol. The van der Waals surface area contributed by atoms with Crippen LogP contribution in [0.5, 0.6) is 17.4 Å². The van der Waals surface area contributed by atoms with E-state index in [1.807, 2.05) is 30.3 Å². The van der Waals surface area contributed by atoms with E-state index in [4.69, 9.17) is 21.1 Å². The fraction of sp³-hybridized carbons (Fsp3) is 0.267. The smallest absolute Gasteiger partial charge is 0.219 e. The van der Waals surface area contributed by atoms with E-state index in [1.165, 1.54) is 5.56 Å². The Kier molecular flexibility index (Phi) is 4.63. The van der Waals surface area contributed by atoms with Gasteiger partial charge in [0.1, 0.15) is 0 Å². The van der Waals surface area contributed by atoms with Crippen molar-refractivity contribution in [2.24, 2.45) is 0 Å². The summed E-state index contributed by atoms with van der Waals surface area (Å²) in [6, 6.07) is 9.56. The van der Waals surface area contributed by atoms with Crippen molar-refractivity contribution >= 4 is 11.6 Å². The van der Waals surface area contributed by atoms with Gasteiger partial charge in [-0.15, -0.1) is 11.6 Å². The predicted octanol–water partition coefficient (Wildman–Crippen LogP) is 4.18. The van der Waals surface area contributed by atoms with Crippen LogP contribution in [0.4, 0.5) is 0 Å². The Morgan fingerprint density at radius 3 is 2.63 bits per heavy atom. The van der Waals surface area contributed by atoms with E-state index in [9.17, 15) is 0 Å². The number of aryl methyl sites for hydroxylation is 1. The van der Waals surface area contributed by atoms with Gasteiger partial charge in [0.2, 0.25) is 5.88 Å². The van der Waals surface area contributed by atoms with Crippen LogP contribution in [0.2, 0.25) is 0 Å². The molecule has 0 spiro atoms. The highest BCUT2D eigenvalue weighted by Gasteiger charge is 2.07. The van der Waals surface area contributed by atoms with Crippen molar-refractivity contribution in [2.45, 2.75) is 19.2 Å². The molecule has 0 atom stereocenters. The molecule has 0 aliphatic carbocycles. The number of hydrogen-bond donors (Lipinski definition) is 0. The number of pyridine rings is 1. The average Bonchev–Trinajstić information content (AvgIpc) is 2.48. The number of aromatic nitrogens is 1. The quantitative estimate of drug-likeness (QED) is 0.768. The summed E-state index contributed by atoms with van der Waals surface area (Å²) in [6.45, 7) is 2.10. The monoisotopic (exact) mass is 277 g/mol. The van der Waals surface area contributed by atoms with Crippen molar-refractivity contribution in [3.8, 4) is 17.4 Å². The first-order valence-corrected chi connectivity index (χ1v) is 6.66. The third-order valence-electron chi connectivity index (χ3n) is 2.80. The number of nitrogens with zero attached hydrogens (tertiary/aromatic N) is 1. The number of ether oxygens (including phenoxy) is 2. The molecule has 19 heavy (non-hydrogen) atoms. The van der Waals surface area contributed by atoms with Crippen LogP contribution in [0.25, 0.3) is 0 Å². The molecule has 0 N–H and O–H groups in total. The number of methoxy groups -OCH3 is 1. The van der Waals surface area contributed by atoms with E-state index < -0.39 is 0 Å². The molecule has 1 aromatic carbocycles. The Hall–Kier alpha value is -1.74. The van der Waals surface area contributed by atoms with Gasteiger partial charge in [0.25, 0.3) is 0 Å². The molecule has 0 saturated heterocycles. The molecule has 0 aliphatic rings. The van der Waals surface area contributed by atoms with Crippen molar-refractivity contribution < 1.29 is 9.47 Å². The van der Waals surface area contributed by atoms with Gasteiger partial charge in [-0.25, -0.2) is 4.98 Å². The Bertz CT molecular complexity index is 558. The molecule has 0 amide bonds. The fourth-order valence-electron chi connectivity index (χ4n) is 1.72. The van der Waals surface area contributed by atoms with Crippen molar-refractivity contribution in [2.75, 3.05) is 7.11 Å². The van der Waals surface area contributed by atoms with Gasteiger partial charge in [0, 0.05) is 18.1 Å². The lowest BCUT2D eigenvalue weighted by Gasteiger charge is -2.11. The summed E-state index contributed by atoms with van der Waals surface area (Å²) in [7, 11) is 1.63. The van der Waals surface area contributed by atoms with Gasteiger partial charge < -0.3 is 9.47 Å². The van der Waals surface area contributed by atoms with Crippen LogP contribution >= 0.6 is 11.6 Å². The summed E-state index contributed by atoms with van der Waals surface area (Å²) in [5.74, 6) is 2.31. The Morgan fingerprint density at radius 1 is 1.11 bits per heavy atom. The van der Waals surface area contributed by atoms with E-state index in [-0.39, 0.29) is 0 Å². The van der Waals surface area contributed by atoms with Crippen LogP contribution in [-0.4, -0.2) is 12.1 Å². The van der Waals surface area contributed by atoms with Gasteiger partial charge in [0.05, 0.1) is 7.11 Å². The van der Waals surface area contributed by atoms with Gasteiger partial charge in [-0.3, -0.25) is 0 Å². The minimum Gasteiger partial charge on any atom is -0.493 e. The number of halogens is 1. The fourth-order valence-corrected chi connectivity index (χ4v) is 1.88. The van der Waals surface area contributed by atoms with Crippen molar-refractivity contribution in [3.63, 3.8) is 0 Å². The molecule has 1 heterocycles. The molecular formula is C15H16ClNO2. The minimum atomic E-state index is 0.435. The molecule has 3 nitrogen and oxygen atoms in total. The predicted molar refractivity (Wildman–Crippen MR) is 76.2 cm³/mol. The van der Waals surface area contributed by atoms with Crippen LogP contribution < -0.4 is 9.47 Å². The van der Waals surface area contributed by atoms with Gasteiger partial charge in [-0.1, -0.05) is 13.0 Å². The zero-order valence-electron chi connectivity index (χ0n) is 11.0. The summed E-state index contributed by atoms with van der Waals surface area (Å²) in [4.78, 5) is 4.16. The minimum absolute atomic E-state index is 0.435. The maximum atomic E-state index is 5.79. The van der Waals surface area contributed by atoms with Crippen molar-refractivity contribution in [1.82, 2.24) is 4.98 Å². The lowest BCUT2D eigenvalue weighted by atomic mass is 10.1. The van der Waals surface area contributed by atoms with E-state index in [0.717, 1.165) is 12.0 Å². The number of rotatable bonds is 5. The normalized spacial score (nSPS) is 10.3. The third-order valence-corrected chi connectivity index (χ3v) is 3.11. The maximum absolute atomic E-state index is 5.79. The molecule has 2 rings (SSSR count). The Balaban J connectivity index is 2.26. The standard InChI is InChI=1S/C15H16ClNO2/c1-3-11-4-5-13(14(8-11)18-2)19-15-9-12(10-16)6-7-17-15/h4-9H,3,10H2,1-2H3. The summed E-state index contributed by atoms with van der Waals surface area (Å²) in [5, 5.41) is 0. The molecule has 0 radical (unpaired) electrons. The molecule has 100 valence electrons. The zero-order valence-corrected chi connectivity index (χ0v) is 11.8. The highest BCUT2D eigenvalue weighted by atomic mass is 35.5. The Morgan fingerprint density at radius 2 is 1.95 bits per heavy atom. The summed E-state index contributed by atoms with van der Waals surface area (Å²) in [6.07, 6.45) is 2.64. The van der Waals surface area contributed by atoms with Crippen molar-refractivity contribution in [3.05, 3.63) is 47.7 Å². The SMILES string of the molecule is CCc1ccc(Oc2cc(CCl)ccn2)c(OC)c1. The van der Waals surface area contributed by atoms with E-state index in [2.05, 4.69) is 11.9 Å². The van der Waals surface area contributed by atoms with Gasteiger partial charge in [-0.2, -0.15) is 0 Å². The van der Waals surface area contributed by atoms with Crippen molar-refractivity contribution in [1.29, 1.82) is 0 Å². The first-order valence-electron chi connectivity index (χ1n) is 6.12. The van der Waals surface area contributed by atoms with Crippen LogP contribution in [0, 0.1) is 0 Å². The number of alkyl halides is 1. The molecule has 0 bridgehead atoms. The molecule has 0 aliphatic heterocycles. The highest BCUT2D eigenvalue weighted by molar-refractivity contribution is 6.17. The van der Waals surface area contributed by atoms with Gasteiger partial charge >= 0.3 is 0 Å². The first kappa shape index (κ1) is 13.7. The average molecular weight is 278 g/mol. The summed E-state index contributed by atoms with van der Waals surface area (Å²) >= 11 is 5.79. The molecule has 4 heteroatoms. The van der Waals surface area contributed by atoms with Crippen LogP contribution in [0.15, 0.2) is 36.5 Å². The van der Waals surface area contributed by atoms with Crippen LogP contribution in [0.3, 0.4) is 0 Å². The van der Waals surface area contributed by atoms with Gasteiger partial charge in [-0.05, 0) is 35.7 Å². The molecule has 2 aromatic rings. The second kappa shape index (κ2) is 6.43. The second-order valence-corrected chi connectivity index (χ2v) is 4.34. The van der Waals surface area contributed by atoms with E-state index in [1.54, 1.807) is 13.3 Å². The molecule has 0 saturated carbocycles. The van der Waals surface area contributed by atoms with E-state index in [0.29, 0.717) is 23.3 Å². The maximum Gasteiger partial charge on any atom is 0.219 e. The van der Waals surface area contributed by atoms with Gasteiger partial charge in [0.15, 0.2) is 11.5 Å². The molecule has 0 unspecified atom stereocenters. The van der Waals surface area contributed by atoms with Crippen LogP contribution in [-0.2, 0) is 12.3 Å². The number of hydrogen-bond acceptors (Lipinski definition) is 3. The van der Waals surface area contributed by atoms with E-state index >= 15 is 0 Å². The van der Waals surface area contributed by atoms with Crippen LogP contribution in [0.1, 0.15) is 18.1 Å². The zero-order chi connectivity index (χ0) is 13.7. The largest absolute Gasteiger partial charge is 0.493 e. The summed E-state index contributed by atoms with van der Waals surface area (Å²) in [5.41, 5.74) is 2.17. The highest BCUT2D eigenvalue weighted by Crippen LogP contribution is 2.31. The Labute approximate surface area is 118 Å². The second-order valence-electron chi connectivity index (χ2n) is 4.08. The topological polar surface area (TPSA) is 31.4 Å². The lowest BCUT2D eigenvalue weighted by Crippen LogP contribution is -1.94. The number of benzene rings is 1. The lowest BCUT2D eigenvalue weighted by molar-refractivity contribution is 0.373. The first-order chi connectivity index (χ1) is 9.26. The third kappa shape index (κ3) is 3.38. The summed E-state index contributed by atoms with van der Waals surface area (Å²) < 4.78 is 11.1. The molecule has 0 fully saturated rings.